The molecule has 0 bridgehead atoms. The van der Waals surface area contributed by atoms with Gasteiger partial charge in [-0.2, -0.15) is 0 Å². The fourth-order valence-corrected chi connectivity index (χ4v) is 4.53. The molecule has 0 saturated carbocycles. The Hall–Kier alpha value is -3.97. The van der Waals surface area contributed by atoms with Crippen molar-refractivity contribution in [2.24, 2.45) is 4.99 Å². The van der Waals surface area contributed by atoms with Gasteiger partial charge in [0.15, 0.2) is 0 Å². The second-order valence-electron chi connectivity index (χ2n) is 8.04. The van der Waals surface area contributed by atoms with Crippen LogP contribution in [0.4, 0.5) is 0 Å². The minimum atomic E-state index is 0.0264. The molecule has 1 nitrogen and oxygen atoms in total. The molecule has 1 heterocycles. The maximum Gasteiger partial charge on any atom is 0.0595 e. The van der Waals surface area contributed by atoms with Crippen LogP contribution in [0.5, 0.6) is 0 Å². The van der Waals surface area contributed by atoms with Gasteiger partial charge in [0.2, 0.25) is 0 Å². The Labute approximate surface area is 190 Å². The van der Waals surface area contributed by atoms with Crippen molar-refractivity contribution in [3.63, 3.8) is 0 Å². The van der Waals surface area contributed by atoms with Crippen molar-refractivity contribution in [1.82, 2.24) is 0 Å². The molecule has 154 valence electrons. The molecule has 4 aromatic carbocycles. The molecular weight excluding hydrogens is 386 g/mol. The van der Waals surface area contributed by atoms with Crippen molar-refractivity contribution < 1.29 is 0 Å². The minimum absolute atomic E-state index is 0.0264. The minimum Gasteiger partial charge on any atom is -0.259 e. The molecule has 0 aromatic heterocycles. The van der Waals surface area contributed by atoms with Crippen molar-refractivity contribution in [1.29, 1.82) is 0 Å². The van der Waals surface area contributed by atoms with Crippen LogP contribution in [0.2, 0.25) is 0 Å². The quantitative estimate of drug-likeness (QED) is 0.325. The lowest BCUT2D eigenvalue weighted by Crippen LogP contribution is -2.16. The van der Waals surface area contributed by atoms with Crippen LogP contribution >= 0.6 is 0 Å². The summed E-state index contributed by atoms with van der Waals surface area (Å²) in [4.78, 5) is 5.15. The molecule has 0 spiro atoms. The first-order chi connectivity index (χ1) is 15.8. The number of allylic oxidation sites excluding steroid dienone is 3. The molecule has 4 aromatic rings. The lowest BCUT2D eigenvalue weighted by atomic mass is 9.78. The Balaban J connectivity index is 1.83. The standard InChI is InChI=1S/C31H25N/c1-23-28(24-14-6-2-7-15-24)22-32-31(27-20-12-5-13-21-27)30(26-18-10-4-11-19-26)29(23)25-16-8-3-9-17-25/h2-22,30H,1H3. The highest BCUT2D eigenvalue weighted by Crippen LogP contribution is 2.43. The highest BCUT2D eigenvalue weighted by molar-refractivity contribution is 6.15. The average molecular weight is 412 g/mol. The van der Waals surface area contributed by atoms with E-state index in [4.69, 9.17) is 4.99 Å². The molecule has 0 saturated heterocycles. The Morgan fingerprint density at radius 3 is 1.56 bits per heavy atom. The molecule has 1 aliphatic heterocycles. The van der Waals surface area contributed by atoms with Crippen molar-refractivity contribution in [2.75, 3.05) is 0 Å². The van der Waals surface area contributed by atoms with Crippen molar-refractivity contribution in [3.8, 4) is 0 Å². The van der Waals surface area contributed by atoms with Crippen molar-refractivity contribution in [2.45, 2.75) is 12.8 Å². The van der Waals surface area contributed by atoms with Crippen LogP contribution in [-0.2, 0) is 0 Å². The second kappa shape index (κ2) is 9.03. The third-order valence-corrected chi connectivity index (χ3v) is 6.07. The van der Waals surface area contributed by atoms with Crippen LogP contribution in [0.15, 0.2) is 138 Å². The number of hydrogen-bond acceptors (Lipinski definition) is 1. The summed E-state index contributed by atoms with van der Waals surface area (Å²) in [5.41, 5.74) is 9.59. The van der Waals surface area contributed by atoms with Gasteiger partial charge in [0.25, 0.3) is 0 Å². The van der Waals surface area contributed by atoms with Crippen LogP contribution in [0.25, 0.3) is 11.1 Å². The average Bonchev–Trinajstić information content (AvgIpc) is 3.02. The van der Waals surface area contributed by atoms with Crippen LogP contribution < -0.4 is 0 Å². The first-order valence-corrected chi connectivity index (χ1v) is 11.0. The van der Waals surface area contributed by atoms with Crippen LogP contribution in [0, 0.1) is 0 Å². The SMILES string of the molecule is CC1=C(c2ccccc2)C(c2ccccc2)C(c2ccccc2)=NC=C1c1ccccc1. The van der Waals surface area contributed by atoms with Crippen LogP contribution in [0.1, 0.15) is 35.1 Å². The van der Waals surface area contributed by atoms with Gasteiger partial charge in [-0.25, -0.2) is 0 Å². The van der Waals surface area contributed by atoms with E-state index < -0.39 is 0 Å². The van der Waals surface area contributed by atoms with Gasteiger partial charge in [0.05, 0.1) is 11.6 Å². The molecule has 0 amide bonds. The second-order valence-corrected chi connectivity index (χ2v) is 8.04. The maximum absolute atomic E-state index is 5.15. The van der Waals surface area contributed by atoms with Gasteiger partial charge in [-0.1, -0.05) is 121 Å². The van der Waals surface area contributed by atoms with E-state index in [1.807, 2.05) is 0 Å². The van der Waals surface area contributed by atoms with E-state index in [1.54, 1.807) is 0 Å². The predicted molar refractivity (Wildman–Crippen MR) is 136 cm³/mol. The van der Waals surface area contributed by atoms with Gasteiger partial charge < -0.3 is 0 Å². The molecule has 1 unspecified atom stereocenters. The van der Waals surface area contributed by atoms with Gasteiger partial charge in [-0.05, 0) is 40.3 Å². The zero-order valence-electron chi connectivity index (χ0n) is 18.1. The van der Waals surface area contributed by atoms with E-state index in [0.29, 0.717) is 0 Å². The topological polar surface area (TPSA) is 12.4 Å². The Bertz CT molecular complexity index is 1280. The van der Waals surface area contributed by atoms with Crippen LogP contribution in [-0.4, -0.2) is 5.71 Å². The molecular formula is C31H25N. The fraction of sp³-hybridized carbons (Fsp3) is 0.0645. The van der Waals surface area contributed by atoms with Gasteiger partial charge in [0, 0.05) is 11.8 Å². The zero-order valence-corrected chi connectivity index (χ0v) is 18.1. The lowest BCUT2D eigenvalue weighted by Gasteiger charge is -2.25. The number of benzene rings is 4. The Morgan fingerprint density at radius 2 is 1.00 bits per heavy atom. The molecule has 0 aliphatic carbocycles. The predicted octanol–water partition coefficient (Wildman–Crippen LogP) is 7.79. The molecule has 0 N–H and O–H groups in total. The van der Waals surface area contributed by atoms with E-state index in [-0.39, 0.29) is 5.92 Å². The van der Waals surface area contributed by atoms with Gasteiger partial charge >= 0.3 is 0 Å². The molecule has 1 heteroatoms. The molecule has 5 rings (SSSR count). The molecule has 32 heavy (non-hydrogen) atoms. The van der Waals surface area contributed by atoms with Gasteiger partial charge in [-0.15, -0.1) is 0 Å². The summed E-state index contributed by atoms with van der Waals surface area (Å²) in [6, 6.07) is 42.6. The maximum atomic E-state index is 5.15. The van der Waals surface area contributed by atoms with Crippen molar-refractivity contribution in [3.05, 3.63) is 155 Å². The first kappa shape index (κ1) is 20.0. The summed E-state index contributed by atoms with van der Waals surface area (Å²) < 4.78 is 0. The summed E-state index contributed by atoms with van der Waals surface area (Å²) >= 11 is 0. The number of hydrogen-bond donors (Lipinski definition) is 0. The monoisotopic (exact) mass is 411 g/mol. The zero-order chi connectivity index (χ0) is 21.8. The number of rotatable bonds is 4. The third kappa shape index (κ3) is 3.86. The van der Waals surface area contributed by atoms with E-state index in [0.717, 1.165) is 16.8 Å². The lowest BCUT2D eigenvalue weighted by molar-refractivity contribution is 1.14. The van der Waals surface area contributed by atoms with Crippen molar-refractivity contribution >= 4 is 16.9 Å². The summed E-state index contributed by atoms with van der Waals surface area (Å²) in [5.74, 6) is 0.0264. The van der Waals surface area contributed by atoms with E-state index in [9.17, 15) is 0 Å². The summed E-state index contributed by atoms with van der Waals surface area (Å²) in [7, 11) is 0. The first-order valence-electron chi connectivity index (χ1n) is 11.0. The Kier molecular flexibility index (Phi) is 5.63. The highest BCUT2D eigenvalue weighted by Gasteiger charge is 2.29. The summed E-state index contributed by atoms with van der Waals surface area (Å²) in [6.07, 6.45) is 2.05. The van der Waals surface area contributed by atoms with E-state index >= 15 is 0 Å². The number of nitrogens with zero attached hydrogens (tertiary/aromatic N) is 1. The number of aliphatic imine (C=N–C) groups is 1. The molecule has 0 fully saturated rings. The summed E-state index contributed by atoms with van der Waals surface area (Å²) in [5, 5.41) is 0. The van der Waals surface area contributed by atoms with Gasteiger partial charge in [-0.3, -0.25) is 4.99 Å². The normalized spacial score (nSPS) is 16.2. The molecule has 1 aliphatic rings. The molecule has 1 atom stereocenters. The third-order valence-electron chi connectivity index (χ3n) is 6.07. The van der Waals surface area contributed by atoms with E-state index in [2.05, 4.69) is 134 Å². The Morgan fingerprint density at radius 1 is 0.531 bits per heavy atom. The largest absolute Gasteiger partial charge is 0.259 e. The van der Waals surface area contributed by atoms with Crippen LogP contribution in [0.3, 0.4) is 0 Å². The highest BCUT2D eigenvalue weighted by atomic mass is 14.7. The smallest absolute Gasteiger partial charge is 0.0595 e. The van der Waals surface area contributed by atoms with Gasteiger partial charge in [0.1, 0.15) is 0 Å². The molecule has 0 radical (unpaired) electrons. The summed E-state index contributed by atoms with van der Waals surface area (Å²) in [6.45, 7) is 2.24. The fourth-order valence-electron chi connectivity index (χ4n) is 4.53. The van der Waals surface area contributed by atoms with E-state index in [1.165, 1.54) is 27.8 Å².